The van der Waals surface area contributed by atoms with Crippen LogP contribution in [0.3, 0.4) is 0 Å². The number of nitrogens with one attached hydrogen (secondary N) is 2. The molecular weight excluding hydrogens is 936 g/mol. The van der Waals surface area contributed by atoms with Crippen molar-refractivity contribution >= 4 is 69.8 Å². The lowest BCUT2D eigenvalue weighted by atomic mass is 10.1. The standard InChI is InChI=1S/C25H49N7O22P6/c1-3-4-5-8-11-18(27-2)25(34)28-12-9-6-7-10-13-47-55(35,36)50-57(39,40)52-59(43,44)54-60(45,46)53-58(41,42)51-56(37,38)48-15-20-19(33)14-21(49-20)32-17-31-22-23(26)29-16-30-24(22)32/h16-21,27,33H,3-15H2,1-2H3,(H,28,34)(H,35,36)(H,37,38)(H,39,40)(H,41,42)(H,43,44)(H,45,46)(H2,26,29,30)/t18?,19?,20-,21-/m1/s1. The number of phosphoric ester groups is 2. The van der Waals surface area contributed by atoms with Crippen LogP contribution in [0.2, 0.25) is 0 Å². The van der Waals surface area contributed by atoms with Crippen LogP contribution in [0.4, 0.5) is 5.82 Å². The molecule has 0 aromatic carbocycles. The third-order valence-electron chi connectivity index (χ3n) is 7.97. The maximum absolute atomic E-state index is 12.4. The maximum Gasteiger partial charge on any atom is 0.490 e. The third kappa shape index (κ3) is 18.3. The van der Waals surface area contributed by atoms with E-state index >= 15 is 0 Å². The van der Waals surface area contributed by atoms with Gasteiger partial charge in [0, 0.05) is 13.0 Å². The fourth-order valence-electron chi connectivity index (χ4n) is 5.32. The van der Waals surface area contributed by atoms with E-state index in [9.17, 15) is 66.7 Å². The Morgan fingerprint density at radius 3 is 1.95 bits per heavy atom. The summed E-state index contributed by atoms with van der Waals surface area (Å²) in [7, 11) is -35.0. The number of aliphatic hydroxyl groups excluding tert-OH is 1. The number of fused-ring (bicyclic) bond motifs is 1. The number of aromatic nitrogens is 4. The van der Waals surface area contributed by atoms with Gasteiger partial charge in [0.15, 0.2) is 11.5 Å². The van der Waals surface area contributed by atoms with Crippen LogP contribution in [0.25, 0.3) is 11.2 Å². The quantitative estimate of drug-likeness (QED) is 0.0413. The van der Waals surface area contributed by atoms with Gasteiger partial charge >= 0.3 is 46.9 Å². The first kappa shape index (κ1) is 52.9. The van der Waals surface area contributed by atoms with Crippen molar-refractivity contribution in [3.05, 3.63) is 12.7 Å². The van der Waals surface area contributed by atoms with Gasteiger partial charge in [-0.3, -0.25) is 18.4 Å². The number of hydrogen-bond acceptors (Lipinski definition) is 21. The number of ether oxygens (including phenoxy) is 1. The van der Waals surface area contributed by atoms with Crippen LogP contribution in [0.5, 0.6) is 0 Å². The van der Waals surface area contributed by atoms with Crippen LogP contribution in [0, 0.1) is 0 Å². The summed E-state index contributed by atoms with van der Waals surface area (Å²) < 4.78 is 108. The monoisotopic (exact) mass is 985 g/mol. The highest BCUT2D eigenvalue weighted by molar-refractivity contribution is 7.72. The smallest absolute Gasteiger partial charge is 0.390 e. The molecule has 60 heavy (non-hydrogen) atoms. The highest BCUT2D eigenvalue weighted by Crippen LogP contribution is 2.75. The van der Waals surface area contributed by atoms with E-state index in [1.807, 2.05) is 0 Å². The van der Waals surface area contributed by atoms with E-state index in [4.69, 9.17) is 10.5 Å². The minimum atomic E-state index is -6.46. The number of likely N-dealkylation sites (N-methyl/N-ethyl adjacent to an activating group) is 1. The molecular formula is C25H49N7O22P6. The molecule has 1 saturated heterocycles. The molecule has 11 N–H and O–H groups in total. The summed E-state index contributed by atoms with van der Waals surface area (Å²) in [6.45, 7) is 0.894. The van der Waals surface area contributed by atoms with Crippen LogP contribution in [-0.2, 0) is 67.5 Å². The number of rotatable bonds is 29. The van der Waals surface area contributed by atoms with Gasteiger partial charge in [-0.05, 0) is 26.3 Å². The summed E-state index contributed by atoms with van der Waals surface area (Å²) in [5.41, 5.74) is 6.15. The second-order valence-corrected chi connectivity index (χ2v) is 22.2. The Kier molecular flexibility index (Phi) is 20.2. The third-order valence-corrected chi connectivity index (χ3v) is 17.2. The Labute approximate surface area is 342 Å². The number of nitrogens with zero attached hydrogens (tertiary/aromatic N) is 4. The number of hydrogen-bond donors (Lipinski definition) is 10. The van der Waals surface area contributed by atoms with Crippen molar-refractivity contribution < 1.29 is 102 Å². The summed E-state index contributed by atoms with van der Waals surface area (Å²) >= 11 is 0. The van der Waals surface area contributed by atoms with E-state index in [0.29, 0.717) is 32.2 Å². The van der Waals surface area contributed by atoms with Crippen LogP contribution in [0.1, 0.15) is 77.4 Å². The van der Waals surface area contributed by atoms with Gasteiger partial charge in [0.2, 0.25) is 5.91 Å². The highest BCUT2D eigenvalue weighted by Gasteiger charge is 2.50. The van der Waals surface area contributed by atoms with Gasteiger partial charge in [-0.2, -0.15) is 21.6 Å². The lowest BCUT2D eigenvalue weighted by molar-refractivity contribution is -0.123. The second kappa shape index (κ2) is 23.0. The summed E-state index contributed by atoms with van der Waals surface area (Å²) in [4.78, 5) is 82.8. The van der Waals surface area contributed by atoms with Crippen molar-refractivity contribution in [1.82, 2.24) is 30.2 Å². The van der Waals surface area contributed by atoms with E-state index < -0.39 is 78.6 Å². The minimum Gasteiger partial charge on any atom is -0.390 e. The Morgan fingerprint density at radius 1 is 0.817 bits per heavy atom. The molecule has 3 heterocycles. The molecule has 1 aliphatic heterocycles. The molecule has 2 aromatic heterocycles. The van der Waals surface area contributed by atoms with Gasteiger partial charge in [0.25, 0.3) is 0 Å². The van der Waals surface area contributed by atoms with Crippen LogP contribution < -0.4 is 16.4 Å². The number of anilines is 1. The first-order valence-corrected chi connectivity index (χ1v) is 26.8. The average Bonchev–Trinajstić information content (AvgIpc) is 3.69. The van der Waals surface area contributed by atoms with Crippen LogP contribution in [0.15, 0.2) is 12.7 Å². The maximum atomic E-state index is 12.4. The number of nitrogens with two attached hydrogens (primary N) is 1. The lowest BCUT2D eigenvalue weighted by Crippen LogP contribution is -2.42. The number of unbranched alkanes of at least 4 members (excludes halogenated alkanes) is 6. The largest absolute Gasteiger partial charge is 0.490 e. The average molecular weight is 986 g/mol. The Hall–Kier alpha value is -1.44. The van der Waals surface area contributed by atoms with Crippen molar-refractivity contribution in [3.63, 3.8) is 0 Å². The minimum absolute atomic E-state index is 0.0423. The van der Waals surface area contributed by atoms with Crippen molar-refractivity contribution in [2.24, 2.45) is 0 Å². The molecule has 1 aliphatic rings. The highest BCUT2D eigenvalue weighted by atomic mass is 31.3. The first-order valence-electron chi connectivity index (χ1n) is 17.8. The van der Waals surface area contributed by atoms with E-state index in [1.54, 1.807) is 7.05 Å². The number of nitrogen functional groups attached to an aromatic ring is 1. The predicted molar refractivity (Wildman–Crippen MR) is 204 cm³/mol. The zero-order chi connectivity index (χ0) is 45.0. The summed E-state index contributed by atoms with van der Waals surface area (Å²) in [6, 6.07) is -0.326. The second-order valence-electron chi connectivity index (χ2n) is 12.8. The molecule has 0 saturated carbocycles. The molecule has 0 aliphatic carbocycles. The zero-order valence-electron chi connectivity index (χ0n) is 32.0. The molecule has 29 nitrogen and oxygen atoms in total. The molecule has 1 fully saturated rings. The molecule has 0 radical (unpaired) electrons. The molecule has 35 heteroatoms. The zero-order valence-corrected chi connectivity index (χ0v) is 37.3. The number of carbonyl (C=O) groups is 1. The van der Waals surface area contributed by atoms with Gasteiger partial charge < -0.3 is 55.6 Å². The fraction of sp³-hybridized carbons (Fsp3) is 0.760. The SMILES string of the molecule is CCCCCCC(NC)C(=O)NCCCCCCOP(=O)(O)OP(=O)(O)OP(=O)(O)OP(=O)(O)OP(=O)(O)OP(=O)(O)OC[C@H]1O[C@@H](n2cnc3c(N)ncnc32)CC1O. The Balaban J connectivity index is 1.40. The van der Waals surface area contributed by atoms with Gasteiger partial charge in [-0.15, -0.1) is 0 Å². The molecule has 0 bridgehead atoms. The van der Waals surface area contributed by atoms with Crippen LogP contribution >= 0.6 is 46.9 Å². The summed E-state index contributed by atoms with van der Waals surface area (Å²) in [5, 5.41) is 16.2. The Bertz CT molecular complexity index is 2030. The fourth-order valence-corrected chi connectivity index (χ4v) is 13.2. The van der Waals surface area contributed by atoms with Crippen molar-refractivity contribution in [2.45, 2.75) is 95.6 Å². The number of imidazole rings is 1. The van der Waals surface area contributed by atoms with Gasteiger partial charge in [-0.1, -0.05) is 45.4 Å². The van der Waals surface area contributed by atoms with Crippen molar-refractivity contribution in [2.75, 3.05) is 32.5 Å². The lowest BCUT2D eigenvalue weighted by Gasteiger charge is -2.21. The molecule has 346 valence electrons. The predicted octanol–water partition coefficient (Wildman–Crippen LogP) is 3.01. The van der Waals surface area contributed by atoms with E-state index in [1.165, 1.54) is 10.9 Å². The molecule has 0 spiro atoms. The number of amides is 1. The van der Waals surface area contributed by atoms with E-state index in [2.05, 4.69) is 63.1 Å². The molecule has 10 atom stereocenters. The molecule has 8 unspecified atom stereocenters. The number of aliphatic hydroxyl groups is 1. The molecule has 2 aromatic rings. The number of phosphoric acid groups is 6. The Morgan fingerprint density at radius 2 is 1.37 bits per heavy atom. The number of carbonyl (C=O) groups excluding carboxylic acids is 1. The van der Waals surface area contributed by atoms with Gasteiger partial charge in [-0.25, -0.2) is 42.3 Å². The summed E-state index contributed by atoms with van der Waals surface area (Å²) in [6.07, 6.45) is 4.87. The van der Waals surface area contributed by atoms with Gasteiger partial charge in [0.1, 0.15) is 24.2 Å². The normalized spacial score (nSPS) is 23.7. The molecule has 1 amide bonds. The van der Waals surface area contributed by atoms with Crippen molar-refractivity contribution in [1.29, 1.82) is 0 Å². The molecule has 3 rings (SSSR count). The van der Waals surface area contributed by atoms with E-state index in [0.717, 1.165) is 32.0 Å². The van der Waals surface area contributed by atoms with Gasteiger partial charge in [0.05, 0.1) is 31.7 Å². The first-order chi connectivity index (χ1) is 27.8. The topological polar surface area (TPSA) is 429 Å². The van der Waals surface area contributed by atoms with Crippen molar-refractivity contribution in [3.8, 4) is 0 Å². The van der Waals surface area contributed by atoms with Crippen LogP contribution in [-0.4, -0.2) is 105 Å². The summed E-state index contributed by atoms with van der Waals surface area (Å²) in [5.74, 6) is -0.102. The van der Waals surface area contributed by atoms with E-state index in [-0.39, 0.29) is 41.8 Å².